The molecule has 1 aliphatic heterocycles. The lowest BCUT2D eigenvalue weighted by atomic mass is 10.1. The lowest BCUT2D eigenvalue weighted by Gasteiger charge is -2.23. The van der Waals surface area contributed by atoms with Crippen LogP contribution in [0.15, 0.2) is 12.1 Å². The van der Waals surface area contributed by atoms with Gasteiger partial charge in [0.25, 0.3) is 5.91 Å². The van der Waals surface area contributed by atoms with Gasteiger partial charge in [0.1, 0.15) is 5.15 Å². The summed E-state index contributed by atoms with van der Waals surface area (Å²) < 4.78 is 5.28. The fourth-order valence-corrected chi connectivity index (χ4v) is 2.20. The average molecular weight is 255 g/mol. The summed E-state index contributed by atoms with van der Waals surface area (Å²) in [5, 5.41) is 0.351. The zero-order valence-electron chi connectivity index (χ0n) is 9.94. The second kappa shape index (κ2) is 5.02. The van der Waals surface area contributed by atoms with E-state index in [2.05, 4.69) is 4.98 Å². The number of amides is 1. The Morgan fingerprint density at radius 3 is 2.94 bits per heavy atom. The summed E-state index contributed by atoms with van der Waals surface area (Å²) in [5.74, 6) is -0.0344. The van der Waals surface area contributed by atoms with E-state index >= 15 is 0 Å². The minimum Gasteiger partial charge on any atom is -0.379 e. The Labute approximate surface area is 106 Å². The van der Waals surface area contributed by atoms with Crippen LogP contribution in [0.2, 0.25) is 5.15 Å². The molecule has 2 heterocycles. The molecule has 0 radical (unpaired) electrons. The molecule has 5 heteroatoms. The molecular weight excluding hydrogens is 240 g/mol. The van der Waals surface area contributed by atoms with Crippen molar-refractivity contribution in [1.29, 1.82) is 0 Å². The molecule has 1 unspecified atom stereocenters. The number of pyridine rings is 1. The summed E-state index contributed by atoms with van der Waals surface area (Å²) in [6, 6.07) is 3.51. The van der Waals surface area contributed by atoms with Gasteiger partial charge in [-0.1, -0.05) is 11.6 Å². The third-order valence-electron chi connectivity index (χ3n) is 2.94. The molecule has 1 atom stereocenters. The van der Waals surface area contributed by atoms with E-state index in [9.17, 15) is 4.79 Å². The average Bonchev–Trinajstić information content (AvgIpc) is 2.79. The SMILES string of the molecule is Cc1cc(C(=O)N(C)C2CCOC2)cc(Cl)n1. The fourth-order valence-electron chi connectivity index (χ4n) is 1.95. The normalized spacial score (nSPS) is 19.4. The summed E-state index contributed by atoms with van der Waals surface area (Å²) in [6.07, 6.45) is 0.889. The topological polar surface area (TPSA) is 42.4 Å². The summed E-state index contributed by atoms with van der Waals surface area (Å²) in [7, 11) is 1.80. The molecule has 1 aliphatic rings. The van der Waals surface area contributed by atoms with Gasteiger partial charge in [-0.05, 0) is 25.5 Å². The molecule has 17 heavy (non-hydrogen) atoms. The Bertz CT molecular complexity index is 410. The van der Waals surface area contributed by atoms with Crippen molar-refractivity contribution in [3.8, 4) is 0 Å². The molecule has 1 fully saturated rings. The fraction of sp³-hybridized carbons (Fsp3) is 0.500. The maximum Gasteiger partial charge on any atom is 0.254 e. The van der Waals surface area contributed by atoms with Crippen LogP contribution in [0.3, 0.4) is 0 Å². The van der Waals surface area contributed by atoms with Crippen molar-refractivity contribution in [2.24, 2.45) is 0 Å². The number of ether oxygens (including phenoxy) is 1. The number of hydrogen-bond acceptors (Lipinski definition) is 3. The molecule has 4 nitrogen and oxygen atoms in total. The van der Waals surface area contributed by atoms with Crippen LogP contribution in [0, 0.1) is 6.92 Å². The van der Waals surface area contributed by atoms with Crippen LogP contribution in [0.25, 0.3) is 0 Å². The molecule has 0 aliphatic carbocycles. The molecule has 1 aromatic rings. The van der Waals surface area contributed by atoms with Gasteiger partial charge in [-0.15, -0.1) is 0 Å². The number of rotatable bonds is 2. The van der Waals surface area contributed by atoms with Crippen molar-refractivity contribution in [3.05, 3.63) is 28.5 Å². The molecular formula is C12H15ClN2O2. The van der Waals surface area contributed by atoms with Gasteiger partial charge in [0.05, 0.1) is 12.6 Å². The van der Waals surface area contributed by atoms with Gasteiger partial charge >= 0.3 is 0 Å². The molecule has 0 aromatic carbocycles. The van der Waals surface area contributed by atoms with E-state index in [1.54, 1.807) is 24.1 Å². The standard InChI is InChI=1S/C12H15ClN2O2/c1-8-5-9(6-11(13)14-8)12(16)15(2)10-3-4-17-7-10/h5-6,10H,3-4,7H2,1-2H3. The summed E-state index contributed by atoms with van der Waals surface area (Å²) in [6.45, 7) is 3.15. The van der Waals surface area contributed by atoms with Gasteiger partial charge in [-0.2, -0.15) is 0 Å². The van der Waals surface area contributed by atoms with E-state index in [-0.39, 0.29) is 11.9 Å². The van der Waals surface area contributed by atoms with Crippen LogP contribution < -0.4 is 0 Å². The van der Waals surface area contributed by atoms with Crippen molar-refractivity contribution in [2.75, 3.05) is 20.3 Å². The number of carbonyl (C=O) groups excluding carboxylic acids is 1. The van der Waals surface area contributed by atoms with Crippen molar-refractivity contribution in [1.82, 2.24) is 9.88 Å². The minimum atomic E-state index is -0.0344. The first-order valence-electron chi connectivity index (χ1n) is 5.57. The summed E-state index contributed by atoms with van der Waals surface area (Å²) >= 11 is 5.85. The number of nitrogens with zero attached hydrogens (tertiary/aromatic N) is 2. The zero-order chi connectivity index (χ0) is 12.4. The van der Waals surface area contributed by atoms with Gasteiger partial charge in [-0.25, -0.2) is 4.98 Å². The number of likely N-dealkylation sites (N-methyl/N-ethyl adjacent to an activating group) is 1. The summed E-state index contributed by atoms with van der Waals surface area (Å²) in [4.78, 5) is 18.0. The Kier molecular flexibility index (Phi) is 3.64. The predicted molar refractivity (Wildman–Crippen MR) is 65.3 cm³/mol. The quantitative estimate of drug-likeness (QED) is 0.757. The van der Waals surface area contributed by atoms with Crippen molar-refractivity contribution < 1.29 is 9.53 Å². The van der Waals surface area contributed by atoms with Gasteiger partial charge in [0.15, 0.2) is 0 Å². The monoisotopic (exact) mass is 254 g/mol. The third-order valence-corrected chi connectivity index (χ3v) is 3.14. The van der Waals surface area contributed by atoms with E-state index in [4.69, 9.17) is 16.3 Å². The van der Waals surface area contributed by atoms with E-state index in [0.29, 0.717) is 17.3 Å². The Morgan fingerprint density at radius 2 is 2.35 bits per heavy atom. The second-order valence-corrected chi connectivity index (χ2v) is 4.64. The zero-order valence-corrected chi connectivity index (χ0v) is 10.7. The molecule has 0 saturated carbocycles. The van der Waals surface area contributed by atoms with Crippen molar-refractivity contribution in [2.45, 2.75) is 19.4 Å². The highest BCUT2D eigenvalue weighted by Crippen LogP contribution is 2.16. The number of carbonyl (C=O) groups is 1. The van der Waals surface area contributed by atoms with Crippen LogP contribution in [0.1, 0.15) is 22.5 Å². The molecule has 1 saturated heterocycles. The maximum atomic E-state index is 12.2. The molecule has 0 spiro atoms. The number of aromatic nitrogens is 1. The lowest BCUT2D eigenvalue weighted by molar-refractivity contribution is 0.0711. The first-order valence-corrected chi connectivity index (χ1v) is 5.95. The van der Waals surface area contributed by atoms with Gasteiger partial charge < -0.3 is 9.64 Å². The van der Waals surface area contributed by atoms with E-state index in [1.165, 1.54) is 0 Å². The molecule has 0 bridgehead atoms. The third kappa shape index (κ3) is 2.76. The molecule has 2 rings (SSSR count). The lowest BCUT2D eigenvalue weighted by Crippen LogP contribution is -2.37. The number of aryl methyl sites for hydroxylation is 1. The van der Waals surface area contributed by atoms with Crippen LogP contribution in [0.4, 0.5) is 0 Å². The van der Waals surface area contributed by atoms with Gasteiger partial charge in [-0.3, -0.25) is 4.79 Å². The number of hydrogen-bond donors (Lipinski definition) is 0. The predicted octanol–water partition coefficient (Wildman–Crippen LogP) is 1.90. The Morgan fingerprint density at radius 1 is 1.59 bits per heavy atom. The molecule has 92 valence electrons. The van der Waals surface area contributed by atoms with E-state index in [0.717, 1.165) is 18.7 Å². The first kappa shape index (κ1) is 12.3. The van der Waals surface area contributed by atoms with Crippen molar-refractivity contribution >= 4 is 17.5 Å². The number of halogens is 1. The van der Waals surface area contributed by atoms with E-state index in [1.807, 2.05) is 6.92 Å². The van der Waals surface area contributed by atoms with Gasteiger partial charge in [0.2, 0.25) is 0 Å². The minimum absolute atomic E-state index is 0.0344. The van der Waals surface area contributed by atoms with Crippen LogP contribution in [-0.2, 0) is 4.74 Å². The second-order valence-electron chi connectivity index (χ2n) is 4.25. The van der Waals surface area contributed by atoms with Crippen molar-refractivity contribution in [3.63, 3.8) is 0 Å². The van der Waals surface area contributed by atoms with E-state index < -0.39 is 0 Å². The molecule has 0 N–H and O–H groups in total. The van der Waals surface area contributed by atoms with Crippen LogP contribution in [-0.4, -0.2) is 42.1 Å². The highest BCUT2D eigenvalue weighted by molar-refractivity contribution is 6.29. The highest BCUT2D eigenvalue weighted by Gasteiger charge is 2.25. The first-order chi connectivity index (χ1) is 8.08. The highest BCUT2D eigenvalue weighted by atomic mass is 35.5. The largest absolute Gasteiger partial charge is 0.379 e. The maximum absolute atomic E-state index is 12.2. The molecule has 1 amide bonds. The van der Waals surface area contributed by atoms with Gasteiger partial charge in [0, 0.05) is 24.9 Å². The molecule has 1 aromatic heterocycles. The Hall–Kier alpha value is -1.13. The summed E-state index contributed by atoms with van der Waals surface area (Å²) in [5.41, 5.74) is 1.33. The van der Waals surface area contributed by atoms with Crippen LogP contribution in [0.5, 0.6) is 0 Å². The Balaban J connectivity index is 2.17. The smallest absolute Gasteiger partial charge is 0.254 e. The van der Waals surface area contributed by atoms with Crippen LogP contribution >= 0.6 is 11.6 Å².